The van der Waals surface area contributed by atoms with Gasteiger partial charge in [-0.3, -0.25) is 0 Å². The number of benzene rings is 1. The van der Waals surface area contributed by atoms with E-state index >= 15 is 0 Å². The first-order chi connectivity index (χ1) is 10.6. The van der Waals surface area contributed by atoms with Crippen LogP contribution in [0.25, 0.3) is 0 Å². The predicted molar refractivity (Wildman–Crippen MR) is 95.6 cm³/mol. The van der Waals surface area contributed by atoms with E-state index in [0.717, 1.165) is 5.56 Å². The van der Waals surface area contributed by atoms with Gasteiger partial charge in [-0.1, -0.05) is 6.07 Å². The normalized spacial score (nSPS) is 11.6. The summed E-state index contributed by atoms with van der Waals surface area (Å²) >= 11 is 3.30. The Balaban J connectivity index is 2.47. The van der Waals surface area contributed by atoms with Crippen LogP contribution in [0.3, 0.4) is 0 Å². The molecule has 5 nitrogen and oxygen atoms in total. The molecule has 6 heteroatoms. The fraction of sp³-hybridized carbons (Fsp3) is 0.588. The zero-order valence-electron chi connectivity index (χ0n) is 14.5. The zero-order valence-corrected chi connectivity index (χ0v) is 16.1. The highest BCUT2D eigenvalue weighted by atomic mass is 79.9. The molecule has 0 aliphatic carbocycles. The first-order valence-electron chi connectivity index (χ1n) is 7.78. The van der Waals surface area contributed by atoms with E-state index in [1.807, 2.05) is 46.8 Å². The summed E-state index contributed by atoms with van der Waals surface area (Å²) in [5, 5.41) is 12.8. The average molecular weight is 387 g/mol. The molecule has 0 saturated heterocycles. The Labute approximate surface area is 147 Å². The Hall–Kier alpha value is -1.27. The molecule has 0 radical (unpaired) electrons. The zero-order chi connectivity index (χ0) is 17.6. The maximum absolute atomic E-state index is 12.2. The lowest BCUT2D eigenvalue weighted by Crippen LogP contribution is -2.44. The summed E-state index contributed by atoms with van der Waals surface area (Å²) in [7, 11) is 0. The third-order valence-corrected chi connectivity index (χ3v) is 3.76. The topological polar surface area (TPSA) is 61.8 Å². The number of halogens is 1. The number of carbonyl (C=O) groups is 1. The van der Waals surface area contributed by atoms with E-state index in [-0.39, 0.29) is 17.9 Å². The number of hydrogen-bond donors (Lipinski definition) is 2. The second-order valence-corrected chi connectivity index (χ2v) is 7.58. The second kappa shape index (κ2) is 8.55. The fourth-order valence-corrected chi connectivity index (χ4v) is 2.40. The van der Waals surface area contributed by atoms with Crippen molar-refractivity contribution in [1.29, 1.82) is 0 Å². The van der Waals surface area contributed by atoms with Crippen LogP contribution in [0.5, 0.6) is 5.75 Å². The summed E-state index contributed by atoms with van der Waals surface area (Å²) in [6.07, 6.45) is -0.290. The van der Waals surface area contributed by atoms with Crippen molar-refractivity contribution in [3.8, 4) is 5.75 Å². The van der Waals surface area contributed by atoms with Crippen molar-refractivity contribution in [2.45, 2.75) is 52.8 Å². The number of nitrogens with one attached hydrogen (secondary N) is 1. The van der Waals surface area contributed by atoms with Crippen LogP contribution in [-0.2, 0) is 11.3 Å². The Bertz CT molecular complexity index is 527. The molecule has 0 spiro atoms. The van der Waals surface area contributed by atoms with Gasteiger partial charge in [0.1, 0.15) is 11.4 Å². The summed E-state index contributed by atoms with van der Waals surface area (Å²) in [6.45, 7) is 11.4. The van der Waals surface area contributed by atoms with E-state index in [1.165, 1.54) is 0 Å². The quantitative estimate of drug-likeness (QED) is 0.727. The van der Waals surface area contributed by atoms with Gasteiger partial charge >= 0.3 is 6.09 Å². The Kier molecular flexibility index (Phi) is 7.35. The minimum atomic E-state index is -0.490. The van der Waals surface area contributed by atoms with E-state index in [9.17, 15) is 9.90 Å². The number of rotatable bonds is 6. The van der Waals surface area contributed by atoms with Crippen molar-refractivity contribution < 1.29 is 14.6 Å². The summed E-state index contributed by atoms with van der Waals surface area (Å²) in [5.41, 5.74) is 0.568. The Morgan fingerprint density at radius 3 is 2.57 bits per heavy atom. The first kappa shape index (κ1) is 19.8. The first-order valence-corrected chi connectivity index (χ1v) is 8.57. The number of ether oxygens (including phenoxy) is 1. The molecule has 1 aromatic rings. The van der Waals surface area contributed by atoms with Gasteiger partial charge in [0.05, 0.1) is 4.47 Å². The van der Waals surface area contributed by atoms with Crippen LogP contribution < -0.4 is 5.32 Å². The highest BCUT2D eigenvalue weighted by Gasteiger charge is 2.23. The summed E-state index contributed by atoms with van der Waals surface area (Å²) in [4.78, 5) is 13.9. The third-order valence-electron chi connectivity index (χ3n) is 3.12. The number of amides is 1. The molecular formula is C17H27BrN2O3. The molecule has 0 atom stereocenters. The fourth-order valence-electron chi connectivity index (χ4n) is 1.97. The van der Waals surface area contributed by atoms with Gasteiger partial charge in [0, 0.05) is 25.7 Å². The van der Waals surface area contributed by atoms with E-state index in [1.54, 1.807) is 11.0 Å². The molecule has 0 bridgehead atoms. The minimum Gasteiger partial charge on any atom is -0.507 e. The van der Waals surface area contributed by atoms with Gasteiger partial charge in [-0.05, 0) is 68.2 Å². The smallest absolute Gasteiger partial charge is 0.410 e. The van der Waals surface area contributed by atoms with Crippen LogP contribution in [0.4, 0.5) is 4.79 Å². The van der Waals surface area contributed by atoms with Crippen molar-refractivity contribution in [2.75, 3.05) is 13.1 Å². The van der Waals surface area contributed by atoms with Crippen LogP contribution in [0.1, 0.15) is 40.2 Å². The van der Waals surface area contributed by atoms with Gasteiger partial charge < -0.3 is 20.1 Å². The van der Waals surface area contributed by atoms with Crippen molar-refractivity contribution in [2.24, 2.45) is 0 Å². The molecule has 0 unspecified atom stereocenters. The maximum atomic E-state index is 12.2. The maximum Gasteiger partial charge on any atom is 0.410 e. The largest absolute Gasteiger partial charge is 0.507 e. The molecule has 0 fully saturated rings. The molecule has 1 aromatic carbocycles. The average Bonchev–Trinajstić information content (AvgIpc) is 2.40. The molecule has 0 aromatic heterocycles. The minimum absolute atomic E-state index is 0.0782. The molecular weight excluding hydrogens is 360 g/mol. The monoisotopic (exact) mass is 386 g/mol. The Morgan fingerprint density at radius 2 is 2.04 bits per heavy atom. The van der Waals surface area contributed by atoms with Gasteiger partial charge in [-0.2, -0.15) is 0 Å². The predicted octanol–water partition coefficient (Wildman–Crippen LogP) is 3.89. The molecule has 2 N–H and O–H groups in total. The van der Waals surface area contributed by atoms with Crippen LogP contribution in [-0.4, -0.2) is 40.8 Å². The molecule has 1 amide bonds. The van der Waals surface area contributed by atoms with E-state index in [4.69, 9.17) is 4.74 Å². The summed E-state index contributed by atoms with van der Waals surface area (Å²) in [5.74, 6) is 0.227. The molecule has 1 rings (SSSR count). The third kappa shape index (κ3) is 7.22. The highest BCUT2D eigenvalue weighted by Crippen LogP contribution is 2.24. The molecule has 0 saturated carbocycles. The summed E-state index contributed by atoms with van der Waals surface area (Å²) in [6, 6.07) is 5.47. The Morgan fingerprint density at radius 1 is 1.39 bits per heavy atom. The van der Waals surface area contributed by atoms with Gasteiger partial charge in [0.25, 0.3) is 0 Å². The molecule has 0 heterocycles. The number of phenols is 1. The number of aromatic hydroxyl groups is 1. The van der Waals surface area contributed by atoms with E-state index < -0.39 is 5.60 Å². The number of nitrogens with zero attached hydrogens (tertiary/aromatic N) is 1. The van der Waals surface area contributed by atoms with Crippen molar-refractivity contribution in [3.05, 3.63) is 28.2 Å². The summed E-state index contributed by atoms with van der Waals surface area (Å²) < 4.78 is 6.11. The van der Waals surface area contributed by atoms with Crippen LogP contribution >= 0.6 is 15.9 Å². The SMILES string of the molecule is CC(C)N(CCNCc1ccc(O)c(Br)c1)C(=O)OC(C)(C)C. The van der Waals surface area contributed by atoms with E-state index in [0.29, 0.717) is 24.1 Å². The van der Waals surface area contributed by atoms with Gasteiger partial charge in [0.15, 0.2) is 0 Å². The van der Waals surface area contributed by atoms with E-state index in [2.05, 4.69) is 21.2 Å². The highest BCUT2D eigenvalue weighted by molar-refractivity contribution is 9.10. The standard InChI is InChI=1S/C17H27BrN2O3/c1-12(2)20(16(22)23-17(3,4)5)9-8-19-11-13-6-7-15(21)14(18)10-13/h6-7,10,12,19,21H,8-9,11H2,1-5H3. The molecule has 0 aliphatic heterocycles. The molecule has 23 heavy (non-hydrogen) atoms. The molecule has 130 valence electrons. The van der Waals surface area contributed by atoms with Crippen molar-refractivity contribution in [1.82, 2.24) is 10.2 Å². The lowest BCUT2D eigenvalue weighted by molar-refractivity contribution is 0.0193. The number of phenolic OH excluding ortho intramolecular Hbond substituents is 1. The van der Waals surface area contributed by atoms with Gasteiger partial charge in [-0.15, -0.1) is 0 Å². The molecule has 0 aliphatic rings. The lowest BCUT2D eigenvalue weighted by Gasteiger charge is -2.30. The van der Waals surface area contributed by atoms with Gasteiger partial charge in [-0.25, -0.2) is 4.79 Å². The number of carbonyl (C=O) groups excluding carboxylic acids is 1. The van der Waals surface area contributed by atoms with Crippen LogP contribution in [0.2, 0.25) is 0 Å². The van der Waals surface area contributed by atoms with Crippen molar-refractivity contribution >= 4 is 22.0 Å². The lowest BCUT2D eigenvalue weighted by atomic mass is 10.2. The second-order valence-electron chi connectivity index (χ2n) is 6.73. The number of hydrogen-bond acceptors (Lipinski definition) is 4. The van der Waals surface area contributed by atoms with Crippen molar-refractivity contribution in [3.63, 3.8) is 0 Å². The van der Waals surface area contributed by atoms with Crippen LogP contribution in [0, 0.1) is 0 Å². The van der Waals surface area contributed by atoms with Gasteiger partial charge in [0.2, 0.25) is 0 Å². The van der Waals surface area contributed by atoms with Crippen LogP contribution in [0.15, 0.2) is 22.7 Å².